The lowest BCUT2D eigenvalue weighted by Gasteiger charge is -2.24. The Kier molecular flexibility index (Phi) is 5.59. The molecule has 0 aliphatic carbocycles. The van der Waals surface area contributed by atoms with E-state index in [-0.39, 0.29) is 35.6 Å². The highest BCUT2D eigenvalue weighted by atomic mass is 35.5. The Morgan fingerprint density at radius 2 is 1.92 bits per heavy atom. The first-order valence-corrected chi connectivity index (χ1v) is 11.0. The normalized spacial score (nSPS) is 25.4. The Labute approximate surface area is 160 Å². The van der Waals surface area contributed by atoms with Gasteiger partial charge in [0.25, 0.3) is 0 Å². The Morgan fingerprint density at radius 1 is 1.23 bits per heavy atom. The number of amides is 1. The number of nitrogens with zero attached hydrogens (tertiary/aromatic N) is 2. The van der Waals surface area contributed by atoms with Crippen molar-refractivity contribution >= 4 is 50.2 Å². The van der Waals surface area contributed by atoms with Crippen LogP contribution in [0.4, 0.5) is 0 Å². The number of carboxylic acid groups (broad SMARTS) is 1. The van der Waals surface area contributed by atoms with Gasteiger partial charge in [0, 0.05) is 23.2 Å². The molecule has 2 aliphatic rings. The zero-order valence-corrected chi connectivity index (χ0v) is 16.1. The lowest BCUT2D eigenvalue weighted by atomic mass is 10.1. The molecule has 1 aromatic rings. The van der Waals surface area contributed by atoms with Crippen LogP contribution in [0.15, 0.2) is 29.3 Å². The van der Waals surface area contributed by atoms with Crippen LogP contribution in [0, 0.1) is 0 Å². The van der Waals surface area contributed by atoms with Crippen molar-refractivity contribution in [2.24, 2.45) is 4.99 Å². The topological polar surface area (TPSA) is 104 Å². The summed E-state index contributed by atoms with van der Waals surface area (Å²) >= 11 is 7.18. The number of fused-ring (bicyclic) bond motifs is 1. The fourth-order valence-corrected chi connectivity index (χ4v) is 7.08. The van der Waals surface area contributed by atoms with Gasteiger partial charge in [0.2, 0.25) is 5.91 Å². The molecule has 2 atom stereocenters. The maximum absolute atomic E-state index is 12.0. The van der Waals surface area contributed by atoms with E-state index >= 15 is 0 Å². The number of benzene rings is 1. The van der Waals surface area contributed by atoms with Gasteiger partial charge in [0.15, 0.2) is 15.0 Å². The fourth-order valence-electron chi connectivity index (χ4n) is 2.98. The van der Waals surface area contributed by atoms with E-state index < -0.39 is 21.7 Å². The third-order valence-corrected chi connectivity index (χ3v) is 7.71. The van der Waals surface area contributed by atoms with Gasteiger partial charge in [-0.25, -0.2) is 8.42 Å². The molecule has 2 fully saturated rings. The average Bonchev–Trinajstić information content (AvgIpc) is 3.00. The molecule has 2 heterocycles. The summed E-state index contributed by atoms with van der Waals surface area (Å²) < 4.78 is 23.9. The largest absolute Gasteiger partial charge is 0.481 e. The summed E-state index contributed by atoms with van der Waals surface area (Å²) in [5.74, 6) is -1.49. The van der Waals surface area contributed by atoms with Crippen LogP contribution in [0.2, 0.25) is 5.02 Å². The quantitative estimate of drug-likeness (QED) is 0.780. The van der Waals surface area contributed by atoms with Crippen LogP contribution < -0.4 is 0 Å². The highest BCUT2D eigenvalue weighted by Crippen LogP contribution is 2.39. The van der Waals surface area contributed by atoms with Crippen LogP contribution in [-0.2, 0) is 26.0 Å². The van der Waals surface area contributed by atoms with Crippen molar-refractivity contribution in [1.29, 1.82) is 0 Å². The Balaban J connectivity index is 1.82. The minimum absolute atomic E-state index is 0.0284. The number of carbonyl (C=O) groups is 2. The predicted molar refractivity (Wildman–Crippen MR) is 100 cm³/mol. The second-order valence-electron chi connectivity index (χ2n) is 6.24. The summed E-state index contributed by atoms with van der Waals surface area (Å²) in [7, 11) is -3.11. The fraction of sp³-hybridized carbons (Fsp3) is 0.438. The number of aliphatic imine (C=N–C) groups is 1. The molecule has 1 amide bonds. The maximum Gasteiger partial charge on any atom is 0.303 e. The smallest absolute Gasteiger partial charge is 0.303 e. The van der Waals surface area contributed by atoms with Gasteiger partial charge in [-0.1, -0.05) is 35.5 Å². The molecule has 140 valence electrons. The van der Waals surface area contributed by atoms with Crippen LogP contribution in [0.25, 0.3) is 0 Å². The van der Waals surface area contributed by atoms with E-state index in [1.165, 1.54) is 11.8 Å². The van der Waals surface area contributed by atoms with Crippen molar-refractivity contribution in [3.8, 4) is 0 Å². The van der Waals surface area contributed by atoms with Crippen LogP contribution in [0.1, 0.15) is 18.4 Å². The summed E-state index contributed by atoms with van der Waals surface area (Å²) in [5, 5.41) is 9.58. The summed E-state index contributed by atoms with van der Waals surface area (Å²) in [4.78, 5) is 28.5. The van der Waals surface area contributed by atoms with Gasteiger partial charge in [-0.2, -0.15) is 4.99 Å². The van der Waals surface area contributed by atoms with E-state index in [9.17, 15) is 18.0 Å². The van der Waals surface area contributed by atoms with Crippen LogP contribution in [-0.4, -0.2) is 58.3 Å². The van der Waals surface area contributed by atoms with Crippen molar-refractivity contribution in [2.75, 3.05) is 11.5 Å². The highest BCUT2D eigenvalue weighted by molar-refractivity contribution is 8.15. The molecule has 0 radical (unpaired) electrons. The molecule has 0 spiro atoms. The first-order valence-electron chi connectivity index (χ1n) is 7.95. The van der Waals surface area contributed by atoms with E-state index in [0.717, 1.165) is 5.56 Å². The lowest BCUT2D eigenvalue weighted by molar-refractivity contribution is -0.138. The molecule has 0 saturated carbocycles. The van der Waals surface area contributed by atoms with Gasteiger partial charge < -0.3 is 10.0 Å². The average molecular weight is 417 g/mol. The molecule has 7 nitrogen and oxygen atoms in total. The van der Waals surface area contributed by atoms with E-state index in [4.69, 9.17) is 16.7 Å². The lowest BCUT2D eigenvalue weighted by Crippen LogP contribution is -2.37. The van der Waals surface area contributed by atoms with Gasteiger partial charge in [0.1, 0.15) is 0 Å². The number of thioether (sulfide) groups is 1. The number of hydrogen-bond acceptors (Lipinski definition) is 5. The monoisotopic (exact) mass is 416 g/mol. The molecule has 2 unspecified atom stereocenters. The minimum Gasteiger partial charge on any atom is -0.481 e. The number of hydrogen-bond donors (Lipinski definition) is 1. The molecule has 10 heteroatoms. The minimum atomic E-state index is -3.11. The summed E-state index contributed by atoms with van der Waals surface area (Å²) in [5.41, 5.74) is 0.922. The molecule has 26 heavy (non-hydrogen) atoms. The summed E-state index contributed by atoms with van der Waals surface area (Å²) in [6.07, 6.45) is -0.458. The molecular weight excluding hydrogens is 400 g/mol. The van der Waals surface area contributed by atoms with Crippen LogP contribution >= 0.6 is 23.4 Å². The number of rotatable bonds is 5. The van der Waals surface area contributed by atoms with Crippen molar-refractivity contribution in [3.63, 3.8) is 0 Å². The first kappa shape index (κ1) is 19.2. The van der Waals surface area contributed by atoms with Crippen LogP contribution in [0.3, 0.4) is 0 Å². The number of carboxylic acids is 1. The third-order valence-electron chi connectivity index (χ3n) is 4.21. The number of amidine groups is 1. The Hall–Kier alpha value is -1.58. The molecule has 1 N–H and O–H groups in total. The van der Waals surface area contributed by atoms with Crippen molar-refractivity contribution < 1.29 is 23.1 Å². The van der Waals surface area contributed by atoms with Gasteiger partial charge in [-0.05, 0) is 17.7 Å². The summed E-state index contributed by atoms with van der Waals surface area (Å²) in [6.45, 7) is 0.409. The molecule has 3 rings (SSSR count). The van der Waals surface area contributed by atoms with Gasteiger partial charge >= 0.3 is 5.97 Å². The van der Waals surface area contributed by atoms with Gasteiger partial charge in [-0.3, -0.25) is 9.59 Å². The third kappa shape index (κ3) is 4.57. The predicted octanol–water partition coefficient (Wildman–Crippen LogP) is 1.80. The van der Waals surface area contributed by atoms with Crippen LogP contribution in [0.5, 0.6) is 0 Å². The number of aliphatic carboxylic acids is 1. The SMILES string of the molecule is O=C(O)CCC(=O)N=C1SC2CS(=O)(=O)CC2N1Cc1ccc(Cl)cc1. The number of sulfone groups is 1. The zero-order chi connectivity index (χ0) is 18.9. The highest BCUT2D eigenvalue weighted by Gasteiger charge is 2.48. The van der Waals surface area contributed by atoms with Crippen molar-refractivity contribution in [1.82, 2.24) is 4.90 Å². The molecular formula is C16H17ClN2O5S2. The molecule has 0 bridgehead atoms. The van der Waals surface area contributed by atoms with E-state index in [0.29, 0.717) is 16.7 Å². The Morgan fingerprint density at radius 3 is 2.58 bits per heavy atom. The van der Waals surface area contributed by atoms with E-state index in [2.05, 4.69) is 4.99 Å². The first-order chi connectivity index (χ1) is 12.2. The molecule has 2 aliphatic heterocycles. The van der Waals surface area contributed by atoms with Crippen molar-refractivity contribution in [2.45, 2.75) is 30.7 Å². The molecule has 2 saturated heterocycles. The van der Waals surface area contributed by atoms with Crippen molar-refractivity contribution in [3.05, 3.63) is 34.9 Å². The second kappa shape index (κ2) is 7.58. The standard InChI is InChI=1S/C16H17ClN2O5S2/c17-11-3-1-10(2-4-11)7-19-12-8-26(23,24)9-13(12)25-16(19)18-14(20)5-6-15(21)22/h1-4,12-13H,5-9H2,(H,21,22). The van der Waals surface area contributed by atoms with E-state index in [1.54, 1.807) is 12.1 Å². The Bertz CT molecular complexity index is 854. The van der Waals surface area contributed by atoms with Gasteiger partial charge in [-0.15, -0.1) is 0 Å². The summed E-state index contributed by atoms with van der Waals surface area (Å²) in [6, 6.07) is 6.93. The number of carbonyl (C=O) groups excluding carboxylic acids is 1. The second-order valence-corrected chi connectivity index (χ2v) is 10.0. The zero-order valence-electron chi connectivity index (χ0n) is 13.7. The molecule has 1 aromatic carbocycles. The van der Waals surface area contributed by atoms with Gasteiger partial charge in [0.05, 0.1) is 24.0 Å². The molecule has 0 aromatic heterocycles. The number of halogens is 1. The maximum atomic E-state index is 12.0. The van der Waals surface area contributed by atoms with E-state index in [1.807, 2.05) is 17.0 Å².